The van der Waals surface area contributed by atoms with Crippen molar-refractivity contribution in [3.63, 3.8) is 0 Å². The van der Waals surface area contributed by atoms with Crippen molar-refractivity contribution < 1.29 is 9.59 Å². The zero-order valence-corrected chi connectivity index (χ0v) is 17.8. The van der Waals surface area contributed by atoms with Crippen LogP contribution in [0.1, 0.15) is 110 Å². The van der Waals surface area contributed by atoms with Gasteiger partial charge in [0.1, 0.15) is 13.1 Å². The molecule has 1 heterocycles. The zero-order valence-electron chi connectivity index (χ0n) is 17.8. The average Bonchev–Trinajstić information content (AvgIpc) is 3.10. The van der Waals surface area contributed by atoms with Gasteiger partial charge in [0.25, 0.3) is 0 Å². The van der Waals surface area contributed by atoms with Gasteiger partial charge < -0.3 is 5.11 Å². The number of hydrogen-bond acceptors (Lipinski definition) is 2. The van der Waals surface area contributed by atoms with Crippen molar-refractivity contribution in [1.29, 1.82) is 0 Å². The summed E-state index contributed by atoms with van der Waals surface area (Å²) >= 11 is 0. The van der Waals surface area contributed by atoms with Gasteiger partial charge in [-0.2, -0.15) is 0 Å². The number of nitrogens with zero attached hydrogens (tertiary/aromatic N) is 2. The Balaban J connectivity index is 1.78. The van der Waals surface area contributed by atoms with Gasteiger partial charge in [0.05, 0.1) is 19.7 Å². The lowest BCUT2D eigenvalue weighted by Gasteiger charge is -2.29. The third-order valence-corrected chi connectivity index (χ3v) is 6.00. The molecule has 0 saturated heterocycles. The topological polar surface area (TPSA) is 32.6 Å². The first-order chi connectivity index (χ1) is 12.8. The monoisotopic (exact) mass is 367 g/mol. The minimum Gasteiger partial charge on any atom is -0.390 e. The highest BCUT2D eigenvalue weighted by atomic mass is 16.3. The first kappa shape index (κ1) is 23.6. The predicted molar refractivity (Wildman–Crippen MR) is 115 cm³/mol. The summed E-state index contributed by atoms with van der Waals surface area (Å²) in [6.07, 6.45) is 24.8. The van der Waals surface area contributed by atoms with E-state index in [9.17, 15) is 5.11 Å². The lowest BCUT2D eigenvalue weighted by molar-refractivity contribution is -0.829. The molecule has 0 radical (unpaired) electrons. The average molecular weight is 368 g/mol. The molecule has 0 bridgehead atoms. The quantitative estimate of drug-likeness (QED) is 0.217. The van der Waals surface area contributed by atoms with Crippen LogP contribution in [0.2, 0.25) is 0 Å². The third kappa shape index (κ3) is 12.1. The highest BCUT2D eigenvalue weighted by Gasteiger charge is 2.27. The number of aliphatic hydroxyl groups excluding tert-OH is 1. The number of hydrogen-bond donors (Lipinski definition) is 1. The SMILES string of the molecule is CCCCCCCCCCCCCCCCCC[N+]1(CCO)C=NCC1. The standard InChI is InChI=1S/C23H47N2O/c1-2-3-4-5-6-7-8-9-10-11-12-13-14-15-16-17-19-25(21-22-26)20-18-24-23-25/h23,26H,2-22H2,1H3/q+1. The summed E-state index contributed by atoms with van der Waals surface area (Å²) in [6, 6.07) is 0. The van der Waals surface area contributed by atoms with E-state index in [0.29, 0.717) is 0 Å². The summed E-state index contributed by atoms with van der Waals surface area (Å²) in [7, 11) is 0. The van der Waals surface area contributed by atoms with Crippen LogP contribution >= 0.6 is 0 Å². The molecule has 3 nitrogen and oxygen atoms in total. The Morgan fingerprint density at radius 2 is 1.15 bits per heavy atom. The van der Waals surface area contributed by atoms with Crippen molar-refractivity contribution in [2.75, 3.05) is 32.8 Å². The maximum atomic E-state index is 9.25. The van der Waals surface area contributed by atoms with Gasteiger partial charge in [0.15, 0.2) is 6.34 Å². The molecule has 1 aliphatic heterocycles. The molecule has 0 aromatic carbocycles. The second-order valence-electron chi connectivity index (χ2n) is 8.44. The maximum Gasteiger partial charge on any atom is 0.185 e. The fourth-order valence-corrected chi connectivity index (χ4v) is 4.17. The minimum absolute atomic E-state index is 0.283. The van der Waals surface area contributed by atoms with Crippen LogP contribution in [-0.2, 0) is 0 Å². The number of quaternary nitrogens is 1. The van der Waals surface area contributed by atoms with Crippen molar-refractivity contribution in [2.45, 2.75) is 110 Å². The summed E-state index contributed by atoms with van der Waals surface area (Å²) in [5.74, 6) is 0. The fraction of sp³-hybridized carbons (Fsp3) is 0.957. The highest BCUT2D eigenvalue weighted by Crippen LogP contribution is 2.15. The molecule has 0 amide bonds. The second-order valence-corrected chi connectivity index (χ2v) is 8.44. The van der Waals surface area contributed by atoms with Crippen LogP contribution < -0.4 is 0 Å². The van der Waals surface area contributed by atoms with Crippen molar-refractivity contribution in [1.82, 2.24) is 0 Å². The third-order valence-electron chi connectivity index (χ3n) is 6.00. The molecule has 0 aliphatic carbocycles. The van der Waals surface area contributed by atoms with Gasteiger partial charge in [-0.25, -0.2) is 4.99 Å². The van der Waals surface area contributed by atoms with Crippen LogP contribution in [0.15, 0.2) is 4.99 Å². The number of aliphatic hydroxyl groups is 1. The predicted octanol–water partition coefficient (Wildman–Crippen LogP) is 6.10. The number of rotatable bonds is 19. The summed E-state index contributed by atoms with van der Waals surface area (Å²) in [5.41, 5.74) is 0. The molecule has 1 aliphatic rings. The van der Waals surface area contributed by atoms with Crippen molar-refractivity contribution in [3.05, 3.63) is 0 Å². The first-order valence-corrected chi connectivity index (χ1v) is 11.8. The van der Waals surface area contributed by atoms with Crippen molar-refractivity contribution >= 4 is 6.34 Å². The van der Waals surface area contributed by atoms with E-state index in [1.807, 2.05) is 0 Å². The van der Waals surface area contributed by atoms with Gasteiger partial charge in [-0.05, 0) is 12.8 Å². The molecule has 3 heteroatoms. The Labute approximate surface area is 163 Å². The molecular weight excluding hydrogens is 320 g/mol. The van der Waals surface area contributed by atoms with Crippen LogP contribution in [0.25, 0.3) is 0 Å². The van der Waals surface area contributed by atoms with Crippen LogP contribution in [0.3, 0.4) is 0 Å². The van der Waals surface area contributed by atoms with Gasteiger partial charge in [-0.1, -0.05) is 96.8 Å². The van der Waals surface area contributed by atoms with E-state index in [1.165, 1.54) is 109 Å². The molecule has 0 aromatic rings. The Morgan fingerprint density at radius 1 is 0.692 bits per heavy atom. The molecule has 0 aromatic heterocycles. The minimum atomic E-state index is 0.283. The van der Waals surface area contributed by atoms with Crippen LogP contribution in [0.4, 0.5) is 0 Å². The summed E-state index contributed by atoms with van der Waals surface area (Å²) in [6.45, 7) is 6.63. The van der Waals surface area contributed by atoms with E-state index in [4.69, 9.17) is 0 Å². The van der Waals surface area contributed by atoms with Gasteiger partial charge in [0, 0.05) is 0 Å². The highest BCUT2D eigenvalue weighted by molar-refractivity contribution is 5.48. The molecule has 1 N–H and O–H groups in total. The lowest BCUT2D eigenvalue weighted by Crippen LogP contribution is -2.48. The van der Waals surface area contributed by atoms with Gasteiger partial charge in [-0.3, -0.25) is 4.48 Å². The molecule has 1 rings (SSSR count). The molecule has 1 unspecified atom stereocenters. The maximum absolute atomic E-state index is 9.25. The Bertz CT molecular complexity index is 332. The molecule has 1 atom stereocenters. The van der Waals surface area contributed by atoms with Crippen LogP contribution in [-0.4, -0.2) is 48.7 Å². The Hall–Kier alpha value is -0.410. The fourth-order valence-electron chi connectivity index (χ4n) is 4.17. The molecule has 0 saturated carbocycles. The summed E-state index contributed by atoms with van der Waals surface area (Å²) in [4.78, 5) is 4.38. The first-order valence-electron chi connectivity index (χ1n) is 11.8. The largest absolute Gasteiger partial charge is 0.390 e. The number of aliphatic imine (C=N–C) groups is 1. The summed E-state index contributed by atoms with van der Waals surface area (Å²) in [5, 5.41) is 9.25. The van der Waals surface area contributed by atoms with Crippen molar-refractivity contribution in [3.8, 4) is 0 Å². The summed E-state index contributed by atoms with van der Waals surface area (Å²) < 4.78 is 0.926. The van der Waals surface area contributed by atoms with E-state index in [0.717, 1.165) is 24.1 Å². The van der Waals surface area contributed by atoms with Crippen LogP contribution in [0.5, 0.6) is 0 Å². The van der Waals surface area contributed by atoms with E-state index in [2.05, 4.69) is 18.3 Å². The smallest absolute Gasteiger partial charge is 0.185 e. The lowest BCUT2D eigenvalue weighted by atomic mass is 10.0. The molecule has 0 fully saturated rings. The zero-order chi connectivity index (χ0) is 18.8. The Kier molecular flexibility index (Phi) is 15.2. The van der Waals surface area contributed by atoms with Gasteiger partial charge >= 0.3 is 0 Å². The second kappa shape index (κ2) is 16.7. The molecular formula is C23H47N2O+. The van der Waals surface area contributed by atoms with E-state index in [1.54, 1.807) is 0 Å². The van der Waals surface area contributed by atoms with E-state index >= 15 is 0 Å². The van der Waals surface area contributed by atoms with Crippen LogP contribution in [0, 0.1) is 0 Å². The van der Waals surface area contributed by atoms with E-state index in [-0.39, 0.29) is 6.61 Å². The molecule has 26 heavy (non-hydrogen) atoms. The van der Waals surface area contributed by atoms with E-state index < -0.39 is 0 Å². The Morgan fingerprint density at radius 3 is 1.54 bits per heavy atom. The van der Waals surface area contributed by atoms with Gasteiger partial charge in [-0.15, -0.1) is 0 Å². The number of unbranched alkanes of at least 4 members (excludes halogenated alkanes) is 15. The molecule has 0 spiro atoms. The van der Waals surface area contributed by atoms with Crippen molar-refractivity contribution in [2.24, 2.45) is 4.99 Å². The normalized spacial score (nSPS) is 19.5. The molecule has 154 valence electrons. The van der Waals surface area contributed by atoms with Gasteiger partial charge in [0.2, 0.25) is 0 Å².